The number of hydrogen-bond acceptors (Lipinski definition) is 7. The first kappa shape index (κ1) is 23.6. The molecular weight excluding hydrogens is 457 g/mol. The van der Waals surface area contributed by atoms with E-state index in [2.05, 4.69) is 23.9 Å². The second-order valence-corrected chi connectivity index (χ2v) is 9.23. The van der Waals surface area contributed by atoms with Crippen LogP contribution in [0.25, 0.3) is 11.0 Å². The number of thiazole rings is 1. The molecule has 0 N–H and O–H groups in total. The van der Waals surface area contributed by atoms with Crippen LogP contribution in [0.2, 0.25) is 0 Å². The summed E-state index contributed by atoms with van der Waals surface area (Å²) in [4.78, 5) is 29.6. The summed E-state index contributed by atoms with van der Waals surface area (Å²) in [6, 6.07) is 11.2. The fourth-order valence-corrected chi connectivity index (χ4v) is 4.20. The van der Waals surface area contributed by atoms with Gasteiger partial charge in [-0.1, -0.05) is 43.4 Å². The van der Waals surface area contributed by atoms with Crippen LogP contribution in [-0.4, -0.2) is 28.3 Å². The Hall–Kier alpha value is -3.59. The average molecular weight is 482 g/mol. The van der Waals surface area contributed by atoms with Crippen molar-refractivity contribution >= 4 is 22.4 Å². The Labute approximate surface area is 199 Å². The molecule has 4 rings (SSSR count). The Bertz CT molecular complexity index is 1480. The zero-order chi connectivity index (χ0) is 24.2. The van der Waals surface area contributed by atoms with E-state index in [1.807, 2.05) is 12.1 Å². The third-order valence-electron chi connectivity index (χ3n) is 5.17. The molecule has 0 saturated carbocycles. The molecule has 0 spiro atoms. The Morgan fingerprint density at radius 1 is 1.12 bits per heavy atom. The van der Waals surface area contributed by atoms with Gasteiger partial charge in [0.2, 0.25) is 4.96 Å². The first-order chi connectivity index (χ1) is 16.3. The number of rotatable bonds is 8. The third-order valence-corrected chi connectivity index (χ3v) is 6.13. The topological polar surface area (TPSA) is 82.8 Å². The average Bonchev–Trinajstić information content (AvgIpc) is 3.10. The highest BCUT2D eigenvalue weighted by Gasteiger charge is 2.12. The molecule has 0 radical (unpaired) electrons. The summed E-state index contributed by atoms with van der Waals surface area (Å²) >= 11 is 1.08. The van der Waals surface area contributed by atoms with Crippen LogP contribution >= 0.6 is 11.3 Å². The molecule has 34 heavy (non-hydrogen) atoms. The predicted octanol–water partition coefficient (Wildman–Crippen LogP) is 3.22. The molecular formula is C25H24FN3O4S. The van der Waals surface area contributed by atoms with Gasteiger partial charge < -0.3 is 9.47 Å². The highest BCUT2D eigenvalue weighted by atomic mass is 32.1. The number of hydrogen-bond donors (Lipinski definition) is 0. The van der Waals surface area contributed by atoms with Crippen LogP contribution in [0, 0.1) is 11.7 Å². The molecule has 0 aliphatic rings. The van der Waals surface area contributed by atoms with Crippen LogP contribution in [0.15, 0.2) is 52.1 Å². The second-order valence-electron chi connectivity index (χ2n) is 8.22. The predicted molar refractivity (Wildman–Crippen MR) is 129 cm³/mol. The van der Waals surface area contributed by atoms with Crippen molar-refractivity contribution in [1.29, 1.82) is 0 Å². The summed E-state index contributed by atoms with van der Waals surface area (Å²) < 4.78 is 25.9. The lowest BCUT2D eigenvalue weighted by molar-refractivity contribution is 0.273. The lowest BCUT2D eigenvalue weighted by atomic mass is 10.1. The molecule has 0 atom stereocenters. The lowest BCUT2D eigenvalue weighted by Crippen LogP contribution is -2.28. The monoisotopic (exact) mass is 481 g/mol. The molecule has 0 saturated heterocycles. The molecule has 0 aliphatic heterocycles. The van der Waals surface area contributed by atoms with Crippen molar-refractivity contribution in [1.82, 2.24) is 14.6 Å². The SMILES string of the molecule is COc1cc(/C=c2\sc3nc(=O)c(Cc4ccc(F)cc4)nn3c2=O)ccc1OCCC(C)C. The Kier molecular flexibility index (Phi) is 7.02. The molecule has 0 unspecified atom stereocenters. The van der Waals surface area contributed by atoms with Gasteiger partial charge in [0, 0.05) is 6.42 Å². The Morgan fingerprint density at radius 3 is 2.59 bits per heavy atom. The Morgan fingerprint density at radius 2 is 1.88 bits per heavy atom. The number of nitrogens with zero attached hydrogens (tertiary/aromatic N) is 3. The Balaban J connectivity index is 1.66. The van der Waals surface area contributed by atoms with Gasteiger partial charge in [-0.15, -0.1) is 0 Å². The molecule has 0 amide bonds. The zero-order valence-corrected chi connectivity index (χ0v) is 19.9. The highest BCUT2D eigenvalue weighted by Crippen LogP contribution is 2.28. The van der Waals surface area contributed by atoms with Gasteiger partial charge in [-0.25, -0.2) is 4.39 Å². The molecule has 0 aliphatic carbocycles. The maximum Gasteiger partial charge on any atom is 0.296 e. The smallest absolute Gasteiger partial charge is 0.296 e. The van der Waals surface area contributed by atoms with E-state index >= 15 is 0 Å². The van der Waals surface area contributed by atoms with Gasteiger partial charge in [0.05, 0.1) is 18.2 Å². The minimum Gasteiger partial charge on any atom is -0.493 e. The van der Waals surface area contributed by atoms with Gasteiger partial charge in [0.15, 0.2) is 11.5 Å². The standard InChI is InChI=1S/C25H24FN3O4S/c1-15(2)10-11-33-20-9-6-17(13-21(20)32-3)14-22-24(31)29-25(34-22)27-23(30)19(28-29)12-16-4-7-18(26)8-5-16/h4-9,13-15H,10-12H2,1-3H3/b22-14-. The van der Waals surface area contributed by atoms with E-state index in [1.165, 1.54) is 12.1 Å². The maximum absolute atomic E-state index is 13.1. The van der Waals surface area contributed by atoms with Crippen LogP contribution in [0.4, 0.5) is 4.39 Å². The van der Waals surface area contributed by atoms with Crippen LogP contribution in [-0.2, 0) is 6.42 Å². The number of ether oxygens (including phenoxy) is 2. The summed E-state index contributed by atoms with van der Waals surface area (Å²) in [5, 5.41) is 4.23. The second kappa shape index (κ2) is 10.1. The summed E-state index contributed by atoms with van der Waals surface area (Å²) in [6.07, 6.45) is 2.78. The van der Waals surface area contributed by atoms with Crippen molar-refractivity contribution in [3.05, 3.63) is 90.3 Å². The summed E-state index contributed by atoms with van der Waals surface area (Å²) in [5.41, 5.74) is 0.678. The van der Waals surface area contributed by atoms with E-state index in [-0.39, 0.29) is 28.5 Å². The van der Waals surface area contributed by atoms with Gasteiger partial charge in [-0.05, 0) is 53.8 Å². The molecule has 2 aromatic carbocycles. The van der Waals surface area contributed by atoms with Gasteiger partial charge in [-0.3, -0.25) is 9.59 Å². The number of halogens is 1. The van der Waals surface area contributed by atoms with Crippen LogP contribution in [0.1, 0.15) is 37.1 Å². The van der Waals surface area contributed by atoms with Gasteiger partial charge in [-0.2, -0.15) is 14.6 Å². The van der Waals surface area contributed by atoms with Crippen LogP contribution in [0.3, 0.4) is 0 Å². The van der Waals surface area contributed by atoms with Crippen molar-refractivity contribution in [2.75, 3.05) is 13.7 Å². The fourth-order valence-electron chi connectivity index (χ4n) is 3.30. The molecule has 176 valence electrons. The van der Waals surface area contributed by atoms with Crippen molar-refractivity contribution in [3.8, 4) is 11.5 Å². The van der Waals surface area contributed by atoms with Gasteiger partial charge in [0.1, 0.15) is 11.5 Å². The zero-order valence-electron chi connectivity index (χ0n) is 19.1. The molecule has 0 bridgehead atoms. The molecule has 7 nitrogen and oxygen atoms in total. The molecule has 2 heterocycles. The number of fused-ring (bicyclic) bond motifs is 1. The number of aromatic nitrogens is 3. The maximum atomic E-state index is 13.1. The van der Waals surface area contributed by atoms with Crippen molar-refractivity contribution in [2.45, 2.75) is 26.7 Å². The molecule has 2 aromatic heterocycles. The first-order valence-electron chi connectivity index (χ1n) is 10.8. The normalized spacial score (nSPS) is 12.0. The minimum absolute atomic E-state index is 0.120. The van der Waals surface area contributed by atoms with Crippen molar-refractivity contribution in [2.24, 2.45) is 5.92 Å². The van der Waals surface area contributed by atoms with E-state index in [1.54, 1.807) is 31.4 Å². The van der Waals surface area contributed by atoms with Crippen LogP contribution < -0.4 is 25.1 Å². The lowest BCUT2D eigenvalue weighted by Gasteiger charge is -2.12. The minimum atomic E-state index is -0.512. The summed E-state index contributed by atoms with van der Waals surface area (Å²) in [7, 11) is 1.56. The summed E-state index contributed by atoms with van der Waals surface area (Å²) in [6.45, 7) is 4.85. The van der Waals surface area contributed by atoms with Crippen LogP contribution in [0.5, 0.6) is 11.5 Å². The first-order valence-corrected chi connectivity index (χ1v) is 11.7. The van der Waals surface area contributed by atoms with E-state index in [4.69, 9.17) is 9.47 Å². The third kappa shape index (κ3) is 5.31. The van der Waals surface area contributed by atoms with E-state index in [0.29, 0.717) is 34.1 Å². The van der Waals surface area contributed by atoms with Crippen molar-refractivity contribution in [3.63, 3.8) is 0 Å². The molecule has 9 heteroatoms. The van der Waals surface area contributed by atoms with Gasteiger partial charge >= 0.3 is 0 Å². The number of methoxy groups -OCH3 is 1. The van der Waals surface area contributed by atoms with E-state index in [9.17, 15) is 14.0 Å². The van der Waals surface area contributed by atoms with E-state index in [0.717, 1.165) is 27.8 Å². The fraction of sp³-hybridized carbons (Fsp3) is 0.280. The number of benzene rings is 2. The summed E-state index contributed by atoms with van der Waals surface area (Å²) in [5.74, 6) is 1.37. The quantitative estimate of drug-likeness (QED) is 0.384. The van der Waals surface area contributed by atoms with E-state index < -0.39 is 5.56 Å². The van der Waals surface area contributed by atoms with Gasteiger partial charge in [0.25, 0.3) is 11.1 Å². The van der Waals surface area contributed by atoms with Crippen molar-refractivity contribution < 1.29 is 13.9 Å². The molecule has 0 fully saturated rings. The highest BCUT2D eigenvalue weighted by molar-refractivity contribution is 7.15. The largest absolute Gasteiger partial charge is 0.493 e. The molecule has 4 aromatic rings.